The summed E-state index contributed by atoms with van der Waals surface area (Å²) < 4.78 is 0.790. The van der Waals surface area contributed by atoms with Gasteiger partial charge in [0.2, 0.25) is 0 Å². The second kappa shape index (κ2) is 5.95. The smallest absolute Gasteiger partial charge is 0.194 e. The lowest BCUT2D eigenvalue weighted by Gasteiger charge is -2.09. The first kappa shape index (κ1) is 13.7. The van der Waals surface area contributed by atoms with Gasteiger partial charge in [0, 0.05) is 21.6 Å². The van der Waals surface area contributed by atoms with Gasteiger partial charge < -0.3 is 5.73 Å². The molecule has 2 N–H and O–H groups in total. The Balaban J connectivity index is 2.40. The first-order valence-corrected chi connectivity index (χ1v) is 6.70. The Morgan fingerprint density at radius 2 is 1.95 bits per heavy atom. The van der Waals surface area contributed by atoms with Crippen molar-refractivity contribution in [2.75, 3.05) is 0 Å². The number of rotatable bonds is 4. The highest BCUT2D eigenvalue weighted by Crippen LogP contribution is 2.21. The molecule has 3 heteroatoms. The summed E-state index contributed by atoms with van der Waals surface area (Å²) in [7, 11) is 0. The van der Waals surface area contributed by atoms with E-state index in [1.54, 1.807) is 18.2 Å². The van der Waals surface area contributed by atoms with E-state index in [0.29, 0.717) is 11.1 Å². The molecule has 2 aromatic carbocycles. The van der Waals surface area contributed by atoms with Crippen molar-refractivity contribution in [1.82, 2.24) is 0 Å². The quantitative estimate of drug-likeness (QED) is 0.687. The van der Waals surface area contributed by atoms with Gasteiger partial charge in [0.05, 0.1) is 0 Å². The van der Waals surface area contributed by atoms with Crippen molar-refractivity contribution in [3.63, 3.8) is 0 Å². The molecule has 1 unspecified atom stereocenters. The highest BCUT2D eigenvalue weighted by molar-refractivity contribution is 9.10. The van der Waals surface area contributed by atoms with Crippen LogP contribution in [-0.4, -0.2) is 5.78 Å². The lowest BCUT2D eigenvalue weighted by molar-refractivity contribution is 0.103. The van der Waals surface area contributed by atoms with Crippen molar-refractivity contribution in [3.8, 4) is 0 Å². The van der Waals surface area contributed by atoms with Gasteiger partial charge in [-0.15, -0.1) is 6.58 Å². The minimum absolute atomic E-state index is 0.0226. The van der Waals surface area contributed by atoms with Crippen LogP contribution in [0.5, 0.6) is 0 Å². The predicted molar refractivity (Wildman–Crippen MR) is 81.1 cm³/mol. The maximum Gasteiger partial charge on any atom is 0.194 e. The van der Waals surface area contributed by atoms with Crippen LogP contribution in [-0.2, 0) is 0 Å². The molecule has 96 valence electrons. The summed E-state index contributed by atoms with van der Waals surface area (Å²) in [6.07, 6.45) is 1.65. The van der Waals surface area contributed by atoms with Crippen LogP contribution in [0.4, 0.5) is 0 Å². The molecule has 0 aliphatic carbocycles. The second-order valence-corrected chi connectivity index (χ2v) is 5.05. The molecule has 0 bridgehead atoms. The molecule has 0 aromatic heterocycles. The third-order valence-electron chi connectivity index (χ3n) is 2.91. The van der Waals surface area contributed by atoms with E-state index in [-0.39, 0.29) is 11.8 Å². The molecule has 0 amide bonds. The Labute approximate surface area is 121 Å². The molecule has 0 spiro atoms. The van der Waals surface area contributed by atoms with E-state index < -0.39 is 0 Å². The standard InChI is InChI=1S/C16H14BrNO/c1-2-15(18)11-6-5-7-12(10-11)16(19)13-8-3-4-9-14(13)17/h2-10,15H,1,18H2. The molecule has 2 aromatic rings. The first-order valence-electron chi connectivity index (χ1n) is 5.91. The Morgan fingerprint density at radius 3 is 2.63 bits per heavy atom. The third kappa shape index (κ3) is 3.00. The van der Waals surface area contributed by atoms with Gasteiger partial charge in [0.25, 0.3) is 0 Å². The van der Waals surface area contributed by atoms with Crippen LogP contribution < -0.4 is 5.73 Å². The predicted octanol–water partition coefficient (Wildman–Crippen LogP) is 3.87. The lowest BCUT2D eigenvalue weighted by Crippen LogP contribution is -2.08. The number of nitrogens with two attached hydrogens (primary N) is 1. The number of carbonyl (C=O) groups is 1. The summed E-state index contributed by atoms with van der Waals surface area (Å²) in [4.78, 5) is 12.4. The minimum Gasteiger partial charge on any atom is -0.321 e. The summed E-state index contributed by atoms with van der Waals surface area (Å²) in [6, 6.07) is 14.5. The molecule has 2 rings (SSSR count). The molecule has 1 atom stereocenters. The van der Waals surface area contributed by atoms with Gasteiger partial charge in [-0.2, -0.15) is 0 Å². The molecule has 0 saturated carbocycles. The van der Waals surface area contributed by atoms with Crippen LogP contribution in [0.1, 0.15) is 27.5 Å². The van der Waals surface area contributed by atoms with Crippen LogP contribution >= 0.6 is 15.9 Å². The summed E-state index contributed by atoms with van der Waals surface area (Å²) in [5.74, 6) is -0.0226. The first-order chi connectivity index (χ1) is 9.13. The number of hydrogen-bond donors (Lipinski definition) is 1. The second-order valence-electron chi connectivity index (χ2n) is 4.20. The van der Waals surface area contributed by atoms with Gasteiger partial charge in [-0.25, -0.2) is 0 Å². The fourth-order valence-electron chi connectivity index (χ4n) is 1.82. The van der Waals surface area contributed by atoms with Gasteiger partial charge in [-0.05, 0) is 23.8 Å². The zero-order chi connectivity index (χ0) is 13.8. The van der Waals surface area contributed by atoms with E-state index in [2.05, 4.69) is 22.5 Å². The fourth-order valence-corrected chi connectivity index (χ4v) is 2.29. The largest absolute Gasteiger partial charge is 0.321 e. The number of hydrogen-bond acceptors (Lipinski definition) is 2. The SMILES string of the molecule is C=CC(N)c1cccc(C(=O)c2ccccc2Br)c1. The average Bonchev–Trinajstić information content (AvgIpc) is 2.46. The van der Waals surface area contributed by atoms with Gasteiger partial charge >= 0.3 is 0 Å². The molecule has 0 heterocycles. The van der Waals surface area contributed by atoms with Crippen LogP contribution in [0.2, 0.25) is 0 Å². The summed E-state index contributed by atoms with van der Waals surface area (Å²) >= 11 is 3.39. The highest BCUT2D eigenvalue weighted by Gasteiger charge is 2.13. The van der Waals surface area contributed by atoms with Crippen LogP contribution in [0, 0.1) is 0 Å². The maximum atomic E-state index is 12.4. The van der Waals surface area contributed by atoms with Crippen molar-refractivity contribution >= 4 is 21.7 Å². The van der Waals surface area contributed by atoms with Gasteiger partial charge in [-0.3, -0.25) is 4.79 Å². The number of halogens is 1. The van der Waals surface area contributed by atoms with Gasteiger partial charge in [0.15, 0.2) is 5.78 Å². The summed E-state index contributed by atoms with van der Waals surface area (Å²) in [6.45, 7) is 3.67. The Kier molecular flexibility index (Phi) is 4.30. The monoisotopic (exact) mass is 315 g/mol. The topological polar surface area (TPSA) is 43.1 Å². The van der Waals surface area contributed by atoms with Crippen molar-refractivity contribution in [3.05, 3.63) is 82.3 Å². The fraction of sp³-hybridized carbons (Fsp3) is 0.0625. The van der Waals surface area contributed by atoms with E-state index in [4.69, 9.17) is 5.73 Å². The maximum absolute atomic E-state index is 12.4. The molecular formula is C16H14BrNO. The number of carbonyl (C=O) groups excluding carboxylic acids is 1. The van der Waals surface area contributed by atoms with Gasteiger partial charge in [-0.1, -0.05) is 52.3 Å². The molecule has 0 aliphatic rings. The van der Waals surface area contributed by atoms with E-state index in [0.717, 1.165) is 10.0 Å². The average molecular weight is 316 g/mol. The summed E-state index contributed by atoms with van der Waals surface area (Å²) in [5.41, 5.74) is 8.05. The van der Waals surface area contributed by atoms with E-state index in [1.165, 1.54) is 0 Å². The molecule has 2 nitrogen and oxygen atoms in total. The van der Waals surface area contributed by atoms with Crippen molar-refractivity contribution in [2.45, 2.75) is 6.04 Å². The summed E-state index contributed by atoms with van der Waals surface area (Å²) in [5, 5.41) is 0. The normalized spacial score (nSPS) is 11.9. The molecule has 0 saturated heterocycles. The zero-order valence-corrected chi connectivity index (χ0v) is 11.9. The third-order valence-corrected chi connectivity index (χ3v) is 3.60. The zero-order valence-electron chi connectivity index (χ0n) is 10.3. The van der Waals surface area contributed by atoms with E-state index in [9.17, 15) is 4.79 Å². The van der Waals surface area contributed by atoms with Crippen molar-refractivity contribution in [2.24, 2.45) is 5.73 Å². The number of ketones is 1. The van der Waals surface area contributed by atoms with Gasteiger partial charge in [0.1, 0.15) is 0 Å². The van der Waals surface area contributed by atoms with Crippen LogP contribution in [0.25, 0.3) is 0 Å². The van der Waals surface area contributed by atoms with E-state index >= 15 is 0 Å². The Bertz CT molecular complexity index is 622. The Morgan fingerprint density at radius 1 is 1.21 bits per heavy atom. The highest BCUT2D eigenvalue weighted by atomic mass is 79.9. The van der Waals surface area contributed by atoms with E-state index in [1.807, 2.05) is 36.4 Å². The van der Waals surface area contributed by atoms with Crippen LogP contribution in [0.3, 0.4) is 0 Å². The molecule has 0 fully saturated rings. The molecule has 0 aliphatic heterocycles. The van der Waals surface area contributed by atoms with Crippen LogP contribution in [0.15, 0.2) is 65.7 Å². The lowest BCUT2D eigenvalue weighted by atomic mass is 9.99. The molecular weight excluding hydrogens is 302 g/mol. The minimum atomic E-state index is -0.257. The molecule has 19 heavy (non-hydrogen) atoms. The molecule has 0 radical (unpaired) electrons. The number of benzene rings is 2. The van der Waals surface area contributed by atoms with Crippen molar-refractivity contribution < 1.29 is 4.79 Å². The Hall–Kier alpha value is -1.71. The van der Waals surface area contributed by atoms with Crippen molar-refractivity contribution in [1.29, 1.82) is 0 Å².